The van der Waals surface area contributed by atoms with Gasteiger partial charge in [-0.2, -0.15) is 5.10 Å². The van der Waals surface area contributed by atoms with Gasteiger partial charge in [-0.3, -0.25) is 5.73 Å². The van der Waals surface area contributed by atoms with E-state index in [-0.39, 0.29) is 0 Å². The van der Waals surface area contributed by atoms with Crippen molar-refractivity contribution in [1.82, 2.24) is 9.78 Å². The summed E-state index contributed by atoms with van der Waals surface area (Å²) in [6.07, 6.45) is 0. The summed E-state index contributed by atoms with van der Waals surface area (Å²) in [5.41, 5.74) is 8.22. The predicted molar refractivity (Wildman–Crippen MR) is 67.0 cm³/mol. The number of hydrogen-bond donors (Lipinski definition) is 2. The molecule has 3 N–H and O–H groups in total. The molecule has 0 aliphatic heterocycles. The van der Waals surface area contributed by atoms with Crippen molar-refractivity contribution in [3.8, 4) is 5.69 Å². The summed E-state index contributed by atoms with van der Waals surface area (Å²) in [6.45, 7) is 3.59. The van der Waals surface area contributed by atoms with Gasteiger partial charge in [0, 0.05) is 0 Å². The summed E-state index contributed by atoms with van der Waals surface area (Å²) in [4.78, 5) is 0. The van der Waals surface area contributed by atoms with Gasteiger partial charge in [-0.15, -0.1) is 0 Å². The molecule has 2 rings (SSSR count). The van der Waals surface area contributed by atoms with Gasteiger partial charge in [0.25, 0.3) is 0 Å². The predicted octanol–water partition coefficient (Wildman–Crippen LogP) is 1.79. The van der Waals surface area contributed by atoms with Crippen molar-refractivity contribution in [1.29, 1.82) is 0 Å². The van der Waals surface area contributed by atoms with Gasteiger partial charge in [0.05, 0.1) is 22.6 Å². The summed E-state index contributed by atoms with van der Waals surface area (Å²) in [6, 6.07) is 9.61. The van der Waals surface area contributed by atoms with Crippen molar-refractivity contribution in [2.45, 2.75) is 19.0 Å². The molecule has 0 spiro atoms. The van der Waals surface area contributed by atoms with Gasteiger partial charge < -0.3 is 5.11 Å². The molecule has 0 bridgehead atoms. The standard InChI is InChI=1S/C12H14ClN3O/c1-8-11(12(13,14)17)9(2)16(15-8)10-6-4-3-5-7-10/h3-7,17H,14H2,1-2H3. The third kappa shape index (κ3) is 2.20. The maximum absolute atomic E-state index is 9.70. The molecule has 0 saturated heterocycles. The molecule has 2 aromatic rings. The van der Waals surface area contributed by atoms with Crippen molar-refractivity contribution < 1.29 is 5.11 Å². The lowest BCUT2D eigenvalue weighted by molar-refractivity contribution is 0.135. The Balaban J connectivity index is 2.60. The van der Waals surface area contributed by atoms with E-state index in [2.05, 4.69) is 5.10 Å². The molecule has 17 heavy (non-hydrogen) atoms. The maximum atomic E-state index is 9.70. The van der Waals surface area contributed by atoms with E-state index in [4.69, 9.17) is 17.3 Å². The van der Waals surface area contributed by atoms with Crippen LogP contribution >= 0.6 is 11.6 Å². The number of benzene rings is 1. The number of aliphatic hydroxyl groups is 1. The van der Waals surface area contributed by atoms with Gasteiger partial charge in [-0.25, -0.2) is 4.68 Å². The maximum Gasteiger partial charge on any atom is 0.221 e. The van der Waals surface area contributed by atoms with Gasteiger partial charge in [0.15, 0.2) is 0 Å². The van der Waals surface area contributed by atoms with E-state index in [1.165, 1.54) is 0 Å². The van der Waals surface area contributed by atoms with E-state index in [9.17, 15) is 5.11 Å². The molecule has 0 fully saturated rings. The van der Waals surface area contributed by atoms with Gasteiger partial charge >= 0.3 is 0 Å². The number of rotatable bonds is 2. The number of nitrogens with zero attached hydrogens (tertiary/aromatic N) is 2. The summed E-state index contributed by atoms with van der Waals surface area (Å²) >= 11 is 5.75. The highest BCUT2D eigenvalue weighted by Crippen LogP contribution is 2.27. The van der Waals surface area contributed by atoms with Crippen LogP contribution in [0.5, 0.6) is 0 Å². The van der Waals surface area contributed by atoms with E-state index in [0.717, 1.165) is 11.4 Å². The summed E-state index contributed by atoms with van der Waals surface area (Å²) in [5, 5.41) is 12.2. The SMILES string of the molecule is Cc1nn(-c2ccccc2)c(C)c1C(N)(O)Cl. The molecule has 1 unspecified atom stereocenters. The zero-order chi connectivity index (χ0) is 12.6. The second-order valence-electron chi connectivity index (χ2n) is 3.97. The number of nitrogens with two attached hydrogens (primary N) is 1. The quantitative estimate of drug-likeness (QED) is 0.486. The van der Waals surface area contributed by atoms with E-state index >= 15 is 0 Å². The molecular formula is C12H14ClN3O. The lowest BCUT2D eigenvalue weighted by Gasteiger charge is -2.15. The Bertz CT molecular complexity index is 529. The Labute approximate surface area is 105 Å². The van der Waals surface area contributed by atoms with Gasteiger partial charge in [0.2, 0.25) is 5.18 Å². The van der Waals surface area contributed by atoms with Gasteiger partial charge in [-0.05, 0) is 26.0 Å². The first-order valence-corrected chi connectivity index (χ1v) is 5.61. The topological polar surface area (TPSA) is 64.1 Å². The lowest BCUT2D eigenvalue weighted by Crippen LogP contribution is -2.30. The molecule has 1 heterocycles. The van der Waals surface area contributed by atoms with Crippen LogP contribution in [0.25, 0.3) is 5.69 Å². The van der Waals surface area contributed by atoms with Crippen LogP contribution in [0.3, 0.4) is 0 Å². The van der Waals surface area contributed by atoms with Crippen LogP contribution in [0, 0.1) is 13.8 Å². The number of aryl methyl sites for hydroxylation is 1. The molecule has 0 saturated carbocycles. The summed E-state index contributed by atoms with van der Waals surface area (Å²) in [7, 11) is 0. The molecule has 5 heteroatoms. The summed E-state index contributed by atoms with van der Waals surface area (Å²) < 4.78 is 1.71. The Morgan fingerprint density at radius 1 is 1.29 bits per heavy atom. The monoisotopic (exact) mass is 251 g/mol. The zero-order valence-electron chi connectivity index (χ0n) is 9.68. The molecule has 1 aromatic heterocycles. The lowest BCUT2D eigenvalue weighted by atomic mass is 10.1. The highest BCUT2D eigenvalue weighted by atomic mass is 35.5. The largest absolute Gasteiger partial charge is 0.359 e. The van der Waals surface area contributed by atoms with E-state index in [1.807, 2.05) is 37.3 Å². The van der Waals surface area contributed by atoms with Crippen LogP contribution in [-0.2, 0) is 5.18 Å². The molecule has 0 aliphatic carbocycles. The van der Waals surface area contributed by atoms with Crippen LogP contribution in [-0.4, -0.2) is 14.9 Å². The van der Waals surface area contributed by atoms with Gasteiger partial charge in [-0.1, -0.05) is 29.8 Å². The molecule has 90 valence electrons. The minimum Gasteiger partial charge on any atom is -0.359 e. The molecule has 0 radical (unpaired) electrons. The second-order valence-corrected chi connectivity index (χ2v) is 4.54. The van der Waals surface area contributed by atoms with Crippen LogP contribution in [0.1, 0.15) is 17.0 Å². The zero-order valence-corrected chi connectivity index (χ0v) is 10.4. The molecule has 0 amide bonds. The second kappa shape index (κ2) is 4.14. The Kier molecular flexibility index (Phi) is 2.95. The Morgan fingerprint density at radius 2 is 1.88 bits per heavy atom. The molecular weight excluding hydrogens is 238 g/mol. The number of hydrogen-bond acceptors (Lipinski definition) is 3. The fraction of sp³-hybridized carbons (Fsp3) is 0.250. The highest BCUT2D eigenvalue weighted by Gasteiger charge is 2.28. The molecule has 0 aliphatic rings. The van der Waals surface area contributed by atoms with E-state index in [0.29, 0.717) is 11.3 Å². The molecule has 1 atom stereocenters. The highest BCUT2D eigenvalue weighted by molar-refractivity contribution is 6.22. The first-order chi connectivity index (χ1) is 7.91. The smallest absolute Gasteiger partial charge is 0.221 e. The number of alkyl halides is 1. The molecule has 1 aromatic carbocycles. The first kappa shape index (κ1) is 12.1. The van der Waals surface area contributed by atoms with Crippen LogP contribution in [0.4, 0.5) is 0 Å². The van der Waals surface area contributed by atoms with Crippen molar-refractivity contribution in [2.75, 3.05) is 0 Å². The van der Waals surface area contributed by atoms with Crippen LogP contribution in [0.15, 0.2) is 30.3 Å². The van der Waals surface area contributed by atoms with Crippen molar-refractivity contribution >= 4 is 11.6 Å². The van der Waals surface area contributed by atoms with Crippen LogP contribution < -0.4 is 5.73 Å². The fourth-order valence-corrected chi connectivity index (χ4v) is 2.24. The fourth-order valence-electron chi connectivity index (χ4n) is 1.97. The summed E-state index contributed by atoms with van der Waals surface area (Å²) in [5.74, 6) is 0. The number of halogens is 1. The Hall–Kier alpha value is -1.36. The van der Waals surface area contributed by atoms with E-state index in [1.54, 1.807) is 11.6 Å². The average Bonchev–Trinajstić information content (AvgIpc) is 2.54. The van der Waals surface area contributed by atoms with Crippen LogP contribution in [0.2, 0.25) is 0 Å². The number of aromatic nitrogens is 2. The average molecular weight is 252 g/mol. The Morgan fingerprint density at radius 3 is 2.35 bits per heavy atom. The van der Waals surface area contributed by atoms with Crippen molar-refractivity contribution in [3.63, 3.8) is 0 Å². The molecule has 4 nitrogen and oxygen atoms in total. The minimum atomic E-state index is -1.89. The third-order valence-electron chi connectivity index (χ3n) is 2.64. The minimum absolute atomic E-state index is 0.447. The first-order valence-electron chi connectivity index (χ1n) is 5.23. The normalized spacial score (nSPS) is 14.6. The van der Waals surface area contributed by atoms with E-state index < -0.39 is 5.18 Å². The van der Waals surface area contributed by atoms with Crippen molar-refractivity contribution in [3.05, 3.63) is 47.3 Å². The third-order valence-corrected chi connectivity index (χ3v) is 2.83. The van der Waals surface area contributed by atoms with Crippen molar-refractivity contribution in [2.24, 2.45) is 5.73 Å². The number of para-hydroxylation sites is 1. The van der Waals surface area contributed by atoms with Gasteiger partial charge in [0.1, 0.15) is 0 Å².